The lowest BCUT2D eigenvalue weighted by atomic mass is 9.69. The Labute approximate surface area is 202 Å². The van der Waals surface area contributed by atoms with Gasteiger partial charge < -0.3 is 19.7 Å². The number of methoxy groups -OCH3 is 1. The molecule has 7 nitrogen and oxygen atoms in total. The summed E-state index contributed by atoms with van der Waals surface area (Å²) in [5, 5.41) is 3.29. The maximum Gasteiger partial charge on any atom is 0.336 e. The quantitative estimate of drug-likeness (QED) is 0.454. The van der Waals surface area contributed by atoms with Crippen LogP contribution >= 0.6 is 0 Å². The number of carbonyl (C=O) groups excluding carboxylic acids is 3. The molecule has 1 aromatic carbocycles. The van der Waals surface area contributed by atoms with E-state index in [0.29, 0.717) is 36.3 Å². The summed E-state index contributed by atoms with van der Waals surface area (Å²) >= 11 is 0. The van der Waals surface area contributed by atoms with Crippen molar-refractivity contribution in [1.82, 2.24) is 5.32 Å². The van der Waals surface area contributed by atoms with Crippen LogP contribution in [0.2, 0.25) is 0 Å². The number of dihydropyridines is 1. The minimum atomic E-state index is -0.894. The Bertz CT molecular complexity index is 1000. The molecular weight excluding hydrogens is 432 g/mol. The summed E-state index contributed by atoms with van der Waals surface area (Å²) in [4.78, 5) is 41.7. The highest BCUT2D eigenvalue weighted by Crippen LogP contribution is 2.45. The van der Waals surface area contributed by atoms with E-state index >= 15 is 0 Å². The normalized spacial score (nSPS) is 22.2. The fraction of sp³-hybridized carbons (Fsp3) is 0.519. The molecule has 34 heavy (non-hydrogen) atoms. The molecule has 1 aliphatic carbocycles. The van der Waals surface area contributed by atoms with E-state index in [1.165, 1.54) is 7.11 Å². The van der Waals surface area contributed by atoms with Crippen LogP contribution < -0.4 is 10.2 Å². The SMILES string of the molecule is CCCOC(=O)C1=C(C)NC2=C(C(=O)[C@@H](C(=O)OC)[C@@H](C)C2)[C@@H]1c1ccc(N(CC)CC)cc1. The standard InChI is InChI=1S/C27H36N2O5/c1-7-14-34-27(32)22-17(5)28-20-15-16(4)21(26(31)33-6)25(30)24(20)23(22)18-10-12-19(13-11-18)29(8-2)9-3/h10-13,16,21,23,28H,7-9,14-15H2,1-6H3/t16-,21-,23+/m0/s1. The predicted octanol–water partition coefficient (Wildman–Crippen LogP) is 4.10. The van der Waals surface area contributed by atoms with Gasteiger partial charge in [-0.3, -0.25) is 9.59 Å². The number of nitrogens with one attached hydrogen (secondary N) is 1. The molecule has 3 atom stereocenters. The van der Waals surface area contributed by atoms with Gasteiger partial charge in [-0.05, 0) is 57.2 Å². The molecule has 1 aliphatic heterocycles. The van der Waals surface area contributed by atoms with Crippen LogP contribution in [0.1, 0.15) is 58.9 Å². The van der Waals surface area contributed by atoms with Gasteiger partial charge in [0.15, 0.2) is 5.78 Å². The number of nitrogens with zero attached hydrogens (tertiary/aromatic N) is 1. The number of hydrogen-bond acceptors (Lipinski definition) is 7. The molecule has 1 heterocycles. The van der Waals surface area contributed by atoms with Crippen molar-refractivity contribution in [3.63, 3.8) is 0 Å². The molecule has 1 N–H and O–H groups in total. The summed E-state index contributed by atoms with van der Waals surface area (Å²) in [6, 6.07) is 7.96. The maximum atomic E-state index is 13.7. The minimum Gasteiger partial charge on any atom is -0.468 e. The topological polar surface area (TPSA) is 84.9 Å². The summed E-state index contributed by atoms with van der Waals surface area (Å²) in [6.45, 7) is 11.9. The first-order chi connectivity index (χ1) is 16.3. The zero-order valence-electron chi connectivity index (χ0n) is 21.1. The number of Topliss-reactive ketones (excluding diaryl/α,β-unsaturated/α-hetero) is 1. The highest BCUT2D eigenvalue weighted by Gasteiger charge is 2.47. The number of benzene rings is 1. The van der Waals surface area contributed by atoms with Crippen molar-refractivity contribution >= 4 is 23.4 Å². The summed E-state index contributed by atoms with van der Waals surface area (Å²) in [6.07, 6.45) is 1.22. The van der Waals surface area contributed by atoms with E-state index in [4.69, 9.17) is 9.47 Å². The highest BCUT2D eigenvalue weighted by molar-refractivity contribution is 6.12. The van der Waals surface area contributed by atoms with Crippen molar-refractivity contribution in [3.8, 4) is 0 Å². The van der Waals surface area contributed by atoms with E-state index in [9.17, 15) is 14.4 Å². The molecule has 0 saturated carbocycles. The molecule has 3 rings (SSSR count). The number of ketones is 1. The largest absolute Gasteiger partial charge is 0.468 e. The predicted molar refractivity (Wildman–Crippen MR) is 131 cm³/mol. The molecule has 0 unspecified atom stereocenters. The number of anilines is 1. The van der Waals surface area contributed by atoms with E-state index in [1.807, 2.05) is 45.0 Å². The molecule has 0 fully saturated rings. The van der Waals surface area contributed by atoms with E-state index in [-0.39, 0.29) is 11.7 Å². The molecule has 1 aromatic rings. The number of carbonyl (C=O) groups is 3. The van der Waals surface area contributed by atoms with Crippen molar-refractivity contribution in [2.24, 2.45) is 11.8 Å². The smallest absolute Gasteiger partial charge is 0.336 e. The Morgan fingerprint density at radius 2 is 1.76 bits per heavy atom. The first-order valence-electron chi connectivity index (χ1n) is 12.1. The Morgan fingerprint density at radius 3 is 2.32 bits per heavy atom. The highest BCUT2D eigenvalue weighted by atomic mass is 16.5. The van der Waals surface area contributed by atoms with E-state index in [2.05, 4.69) is 24.1 Å². The lowest BCUT2D eigenvalue weighted by Gasteiger charge is -2.38. The Hall–Kier alpha value is -3.09. The van der Waals surface area contributed by atoms with E-state index < -0.39 is 23.8 Å². The van der Waals surface area contributed by atoms with Gasteiger partial charge in [-0.1, -0.05) is 26.0 Å². The fourth-order valence-corrected chi connectivity index (χ4v) is 5.02. The third-order valence-corrected chi connectivity index (χ3v) is 6.76. The molecule has 0 bridgehead atoms. The van der Waals surface area contributed by atoms with Gasteiger partial charge in [0.05, 0.1) is 19.3 Å². The van der Waals surface area contributed by atoms with Gasteiger partial charge in [0.2, 0.25) is 0 Å². The van der Waals surface area contributed by atoms with Gasteiger partial charge >= 0.3 is 11.9 Å². The second-order valence-electron chi connectivity index (χ2n) is 8.94. The molecule has 7 heteroatoms. The van der Waals surface area contributed by atoms with Gasteiger partial charge in [-0.25, -0.2) is 4.79 Å². The van der Waals surface area contributed by atoms with Crippen LogP contribution in [-0.2, 0) is 23.9 Å². The average molecular weight is 469 g/mol. The van der Waals surface area contributed by atoms with Crippen LogP contribution in [0.25, 0.3) is 0 Å². The zero-order chi connectivity index (χ0) is 25.0. The van der Waals surface area contributed by atoms with E-state index in [1.54, 1.807) is 0 Å². The molecule has 184 valence electrons. The molecule has 0 aromatic heterocycles. The number of ether oxygens (including phenoxy) is 2. The fourth-order valence-electron chi connectivity index (χ4n) is 5.02. The summed E-state index contributed by atoms with van der Waals surface area (Å²) < 4.78 is 10.5. The molecule has 0 spiro atoms. The van der Waals surface area contributed by atoms with Crippen molar-refractivity contribution in [3.05, 3.63) is 52.4 Å². The Balaban J connectivity index is 2.13. The first kappa shape index (κ1) is 25.5. The molecule has 0 amide bonds. The third kappa shape index (κ3) is 4.74. The van der Waals surface area contributed by atoms with Gasteiger partial charge in [-0.2, -0.15) is 0 Å². The van der Waals surface area contributed by atoms with Crippen LogP contribution in [0.4, 0.5) is 5.69 Å². The first-order valence-corrected chi connectivity index (χ1v) is 12.1. The second kappa shape index (κ2) is 10.9. The van der Waals surface area contributed by atoms with Crippen molar-refractivity contribution in [2.45, 2.75) is 53.4 Å². The number of allylic oxidation sites excluding steroid dienone is 3. The third-order valence-electron chi connectivity index (χ3n) is 6.76. The molecule has 0 saturated heterocycles. The zero-order valence-corrected chi connectivity index (χ0v) is 21.1. The number of rotatable bonds is 8. The monoisotopic (exact) mass is 468 g/mol. The Morgan fingerprint density at radius 1 is 1.12 bits per heavy atom. The molecular formula is C27H36N2O5. The van der Waals surface area contributed by atoms with Gasteiger partial charge in [0.1, 0.15) is 5.92 Å². The van der Waals surface area contributed by atoms with Gasteiger partial charge in [0, 0.05) is 41.7 Å². The van der Waals surface area contributed by atoms with Crippen molar-refractivity contribution < 1.29 is 23.9 Å². The van der Waals surface area contributed by atoms with Crippen LogP contribution in [0.15, 0.2) is 46.8 Å². The van der Waals surface area contributed by atoms with Crippen LogP contribution in [0.3, 0.4) is 0 Å². The van der Waals surface area contributed by atoms with Crippen molar-refractivity contribution in [2.75, 3.05) is 31.7 Å². The molecule has 0 radical (unpaired) electrons. The number of hydrogen-bond donors (Lipinski definition) is 1. The lowest BCUT2D eigenvalue weighted by Crippen LogP contribution is -2.43. The van der Waals surface area contributed by atoms with Crippen LogP contribution in [-0.4, -0.2) is 44.5 Å². The molecule has 2 aliphatic rings. The van der Waals surface area contributed by atoms with Crippen LogP contribution in [0.5, 0.6) is 0 Å². The average Bonchev–Trinajstić information content (AvgIpc) is 2.82. The van der Waals surface area contributed by atoms with Gasteiger partial charge in [0.25, 0.3) is 0 Å². The van der Waals surface area contributed by atoms with Crippen molar-refractivity contribution in [1.29, 1.82) is 0 Å². The van der Waals surface area contributed by atoms with Gasteiger partial charge in [-0.15, -0.1) is 0 Å². The maximum absolute atomic E-state index is 13.7. The summed E-state index contributed by atoms with van der Waals surface area (Å²) in [5.74, 6) is -3.00. The van der Waals surface area contributed by atoms with Crippen LogP contribution in [0, 0.1) is 11.8 Å². The summed E-state index contributed by atoms with van der Waals surface area (Å²) in [7, 11) is 1.30. The Kier molecular flexibility index (Phi) is 8.18. The van der Waals surface area contributed by atoms with E-state index in [0.717, 1.165) is 30.0 Å². The lowest BCUT2D eigenvalue weighted by molar-refractivity contribution is -0.151. The minimum absolute atomic E-state index is 0.210. The summed E-state index contributed by atoms with van der Waals surface area (Å²) in [5.41, 5.74) is 4.20. The number of esters is 2. The second-order valence-corrected chi connectivity index (χ2v) is 8.94.